The van der Waals surface area contributed by atoms with Crippen LogP contribution in [-0.2, 0) is 27.2 Å². The molecule has 40 heavy (non-hydrogen) atoms. The molecule has 2 unspecified atom stereocenters. The predicted molar refractivity (Wildman–Crippen MR) is 137 cm³/mol. The standard InChI is InChI=1S/C25H27BN4O10/c1-2-29-8-9-30(23(35)22(29)34)25(38)27-16(10-13-6-7-17(31)18(32)11-13)21(33)28-19-12-14-4-3-5-15(24(36)37)20(14)40-26(19)39/h3-7,11,16,19,31-32,39H,2,8-10,12H2,1H3,(H,27,38)(H,28,33)(H,36,37). The molecule has 0 radical (unpaired) electrons. The number of hydrogen-bond donors (Lipinski definition) is 6. The number of para-hydroxylation sites is 1. The minimum atomic E-state index is -1.62. The molecule has 0 aliphatic carbocycles. The fraction of sp³-hybridized carbons (Fsp3) is 0.320. The molecule has 4 rings (SSSR count). The number of imide groups is 1. The quantitative estimate of drug-likeness (QED) is 0.143. The lowest BCUT2D eigenvalue weighted by molar-refractivity contribution is -0.153. The van der Waals surface area contributed by atoms with E-state index in [1.54, 1.807) is 13.0 Å². The maximum Gasteiger partial charge on any atom is 0.547 e. The first-order chi connectivity index (χ1) is 19.0. The molecule has 15 heteroatoms. The molecular weight excluding hydrogens is 527 g/mol. The zero-order valence-electron chi connectivity index (χ0n) is 21.4. The summed E-state index contributed by atoms with van der Waals surface area (Å²) in [5, 5.41) is 44.4. The number of nitrogens with one attached hydrogen (secondary N) is 2. The Morgan fingerprint density at radius 3 is 2.52 bits per heavy atom. The van der Waals surface area contributed by atoms with Crippen LogP contribution in [0.25, 0.3) is 0 Å². The summed E-state index contributed by atoms with van der Waals surface area (Å²) < 4.78 is 5.40. The van der Waals surface area contributed by atoms with Crippen molar-refractivity contribution in [1.82, 2.24) is 20.4 Å². The van der Waals surface area contributed by atoms with E-state index in [0.29, 0.717) is 16.0 Å². The van der Waals surface area contributed by atoms with Gasteiger partial charge in [0.2, 0.25) is 5.91 Å². The highest BCUT2D eigenvalue weighted by atomic mass is 16.5. The number of piperazine rings is 1. The van der Waals surface area contributed by atoms with Crippen LogP contribution in [0.2, 0.25) is 0 Å². The van der Waals surface area contributed by atoms with Gasteiger partial charge in [0.1, 0.15) is 11.8 Å². The lowest BCUT2D eigenvalue weighted by Crippen LogP contribution is -2.62. The van der Waals surface area contributed by atoms with Gasteiger partial charge in [-0.2, -0.15) is 0 Å². The molecule has 14 nitrogen and oxygen atoms in total. The number of phenols is 2. The summed E-state index contributed by atoms with van der Waals surface area (Å²) in [4.78, 5) is 64.7. The van der Waals surface area contributed by atoms with Gasteiger partial charge in [0, 0.05) is 26.1 Å². The molecule has 2 atom stereocenters. The van der Waals surface area contributed by atoms with Crippen molar-refractivity contribution in [2.75, 3.05) is 19.6 Å². The number of phenolic OH excluding ortho intramolecular Hbond substituents is 2. The van der Waals surface area contributed by atoms with E-state index in [1.807, 2.05) is 0 Å². The second-order valence-corrected chi connectivity index (χ2v) is 9.30. The zero-order valence-corrected chi connectivity index (χ0v) is 21.4. The van der Waals surface area contributed by atoms with Gasteiger partial charge in [-0.1, -0.05) is 18.2 Å². The van der Waals surface area contributed by atoms with Crippen molar-refractivity contribution in [2.24, 2.45) is 0 Å². The molecule has 2 aromatic carbocycles. The zero-order chi connectivity index (χ0) is 29.1. The van der Waals surface area contributed by atoms with Crippen molar-refractivity contribution >= 4 is 36.8 Å². The molecule has 2 aromatic rings. The molecule has 2 aliphatic rings. The van der Waals surface area contributed by atoms with Crippen LogP contribution in [0.1, 0.15) is 28.4 Å². The number of benzene rings is 2. The smallest absolute Gasteiger partial charge is 0.534 e. The second-order valence-electron chi connectivity index (χ2n) is 9.30. The molecule has 2 aliphatic heterocycles. The highest BCUT2D eigenvalue weighted by molar-refractivity contribution is 6.47. The molecule has 0 aromatic heterocycles. The van der Waals surface area contributed by atoms with Crippen molar-refractivity contribution in [3.05, 3.63) is 53.1 Å². The van der Waals surface area contributed by atoms with E-state index in [1.165, 1.54) is 35.2 Å². The van der Waals surface area contributed by atoms with Crippen LogP contribution in [0.5, 0.6) is 17.2 Å². The predicted octanol–water partition coefficient (Wildman–Crippen LogP) is -0.753. The van der Waals surface area contributed by atoms with Gasteiger partial charge in [0.15, 0.2) is 11.5 Å². The molecule has 2 heterocycles. The summed E-state index contributed by atoms with van der Waals surface area (Å²) in [6.07, 6.45) is -0.193. The normalized spacial score (nSPS) is 17.6. The van der Waals surface area contributed by atoms with Gasteiger partial charge in [0.25, 0.3) is 0 Å². The Morgan fingerprint density at radius 2 is 1.85 bits per heavy atom. The third-order valence-electron chi connectivity index (χ3n) is 6.71. The van der Waals surface area contributed by atoms with E-state index < -0.39 is 60.3 Å². The summed E-state index contributed by atoms with van der Waals surface area (Å²) in [5.74, 6) is -5.85. The highest BCUT2D eigenvalue weighted by Crippen LogP contribution is 2.30. The SMILES string of the molecule is CCN1CCN(C(=O)NC(Cc2ccc(O)c(O)c2)C(=O)NC2Cc3cccc(C(=O)O)c3OB2O)C(=O)C1=O. The van der Waals surface area contributed by atoms with Crippen molar-refractivity contribution in [1.29, 1.82) is 0 Å². The topological polar surface area (TPSA) is 206 Å². The van der Waals surface area contributed by atoms with Gasteiger partial charge in [-0.15, -0.1) is 0 Å². The van der Waals surface area contributed by atoms with Gasteiger partial charge in [-0.25, -0.2) is 9.59 Å². The molecule has 0 bridgehead atoms. The number of carbonyl (C=O) groups excluding carboxylic acids is 4. The first-order valence-corrected chi connectivity index (χ1v) is 12.4. The number of urea groups is 1. The van der Waals surface area contributed by atoms with E-state index in [-0.39, 0.29) is 43.8 Å². The summed E-state index contributed by atoms with van der Waals surface area (Å²) >= 11 is 0. The van der Waals surface area contributed by atoms with E-state index in [4.69, 9.17) is 4.65 Å². The number of likely N-dealkylation sites (N-methyl/N-ethyl adjacent to an activating group) is 1. The third kappa shape index (κ3) is 5.78. The number of hydrogen-bond acceptors (Lipinski definition) is 9. The molecule has 0 spiro atoms. The number of carboxylic acids is 1. The second kappa shape index (κ2) is 11.5. The van der Waals surface area contributed by atoms with Crippen LogP contribution >= 0.6 is 0 Å². The number of fused-ring (bicyclic) bond motifs is 1. The monoisotopic (exact) mass is 554 g/mol. The number of amides is 5. The molecule has 1 saturated heterocycles. The number of carboxylic acid groups (broad SMARTS) is 1. The first kappa shape index (κ1) is 28.2. The summed E-state index contributed by atoms with van der Waals surface area (Å²) in [6.45, 7) is 2.02. The molecule has 5 amide bonds. The lowest BCUT2D eigenvalue weighted by Gasteiger charge is -2.33. The van der Waals surface area contributed by atoms with Crippen molar-refractivity contribution < 1.29 is 49.0 Å². The van der Waals surface area contributed by atoms with Crippen molar-refractivity contribution in [2.45, 2.75) is 31.7 Å². The Morgan fingerprint density at radius 1 is 1.10 bits per heavy atom. The number of aromatic hydroxyl groups is 2. The number of nitrogens with zero attached hydrogens (tertiary/aromatic N) is 2. The molecule has 6 N–H and O–H groups in total. The van der Waals surface area contributed by atoms with Crippen LogP contribution in [0.15, 0.2) is 36.4 Å². The van der Waals surface area contributed by atoms with Gasteiger partial charge < -0.3 is 40.5 Å². The molecule has 210 valence electrons. The maximum atomic E-state index is 13.4. The molecule has 0 saturated carbocycles. The summed E-state index contributed by atoms with van der Waals surface area (Å²) in [6, 6.07) is 5.86. The minimum absolute atomic E-state index is 0.00991. The van der Waals surface area contributed by atoms with E-state index in [9.17, 15) is 44.3 Å². The van der Waals surface area contributed by atoms with Gasteiger partial charge >= 0.3 is 30.9 Å². The third-order valence-corrected chi connectivity index (χ3v) is 6.71. The Labute approximate surface area is 228 Å². The Kier molecular flexibility index (Phi) is 8.14. The Hall–Kier alpha value is -4.79. The van der Waals surface area contributed by atoms with Crippen LogP contribution < -0.4 is 15.3 Å². The Bertz CT molecular complexity index is 1370. The molecular formula is C25H27BN4O10. The van der Waals surface area contributed by atoms with Crippen LogP contribution in [0.4, 0.5) is 4.79 Å². The lowest BCUT2D eigenvalue weighted by atomic mass is 9.72. The summed E-state index contributed by atoms with van der Waals surface area (Å²) in [5.41, 5.74) is 0.615. The van der Waals surface area contributed by atoms with Crippen molar-refractivity contribution in [3.8, 4) is 17.2 Å². The highest BCUT2D eigenvalue weighted by Gasteiger charge is 2.40. The average Bonchev–Trinajstić information content (AvgIpc) is 2.91. The maximum absolute atomic E-state index is 13.4. The van der Waals surface area contributed by atoms with Crippen molar-refractivity contribution in [3.63, 3.8) is 0 Å². The minimum Gasteiger partial charge on any atom is -0.534 e. The summed E-state index contributed by atoms with van der Waals surface area (Å²) in [7, 11) is -1.62. The van der Waals surface area contributed by atoms with E-state index in [2.05, 4.69) is 10.6 Å². The fourth-order valence-electron chi connectivity index (χ4n) is 4.54. The van der Waals surface area contributed by atoms with Crippen LogP contribution in [-0.4, -0.2) is 98.6 Å². The van der Waals surface area contributed by atoms with Gasteiger partial charge in [-0.05, 0) is 42.7 Å². The average molecular weight is 554 g/mol. The number of carbonyl (C=O) groups is 5. The Balaban J connectivity index is 1.54. The van der Waals surface area contributed by atoms with E-state index in [0.717, 1.165) is 0 Å². The molecule has 1 fully saturated rings. The van der Waals surface area contributed by atoms with Gasteiger partial charge in [-0.3, -0.25) is 19.3 Å². The number of rotatable bonds is 7. The van der Waals surface area contributed by atoms with E-state index >= 15 is 0 Å². The van der Waals surface area contributed by atoms with Gasteiger partial charge in [0.05, 0.1) is 11.5 Å². The first-order valence-electron chi connectivity index (χ1n) is 12.4. The van der Waals surface area contributed by atoms with Crippen LogP contribution in [0, 0.1) is 0 Å². The number of aromatic carboxylic acids is 1. The largest absolute Gasteiger partial charge is 0.547 e. The van der Waals surface area contributed by atoms with Crippen LogP contribution in [0.3, 0.4) is 0 Å². The fourth-order valence-corrected chi connectivity index (χ4v) is 4.54.